The van der Waals surface area contributed by atoms with Gasteiger partial charge in [0.2, 0.25) is 0 Å². The van der Waals surface area contributed by atoms with E-state index in [9.17, 15) is 0 Å². The second kappa shape index (κ2) is 16.0. The number of aliphatic hydroxyl groups excluding tert-OH is 2. The van der Waals surface area contributed by atoms with Gasteiger partial charge in [-0.15, -0.1) is 0 Å². The quantitative estimate of drug-likeness (QED) is 0.547. The minimum Gasteiger partial charge on any atom is -0.397 e. The van der Waals surface area contributed by atoms with E-state index in [4.69, 9.17) is 10.2 Å². The van der Waals surface area contributed by atoms with Crippen LogP contribution in [0.2, 0.25) is 0 Å². The molecule has 1 fully saturated rings. The van der Waals surface area contributed by atoms with Crippen LogP contribution < -0.4 is 0 Å². The fourth-order valence-corrected chi connectivity index (χ4v) is 0.250. The molecule has 0 bridgehead atoms. The maximum Gasteiger partial charge on any atom is 0.0402 e. The SMILES string of the molecule is C1CCC1.CCO.CCO. The highest BCUT2D eigenvalue weighted by atomic mass is 16.3. The van der Waals surface area contributed by atoms with E-state index >= 15 is 0 Å². The van der Waals surface area contributed by atoms with E-state index in [0.717, 1.165) is 0 Å². The number of rotatable bonds is 0. The minimum absolute atomic E-state index is 0.250. The van der Waals surface area contributed by atoms with E-state index in [1.54, 1.807) is 13.8 Å². The van der Waals surface area contributed by atoms with Gasteiger partial charge in [0.1, 0.15) is 0 Å². The van der Waals surface area contributed by atoms with E-state index in [-0.39, 0.29) is 13.2 Å². The first kappa shape index (κ1) is 12.6. The Morgan fingerprint density at radius 2 is 0.900 bits per heavy atom. The Morgan fingerprint density at radius 1 is 0.800 bits per heavy atom. The highest BCUT2D eigenvalue weighted by Gasteiger charge is 1.95. The first-order chi connectivity index (χ1) is 4.83. The topological polar surface area (TPSA) is 40.5 Å². The summed E-state index contributed by atoms with van der Waals surface area (Å²) in [7, 11) is 0. The van der Waals surface area contributed by atoms with Crippen LogP contribution in [0.15, 0.2) is 0 Å². The number of hydrogen-bond donors (Lipinski definition) is 2. The largest absolute Gasteiger partial charge is 0.397 e. The Labute approximate surface area is 63.9 Å². The van der Waals surface area contributed by atoms with Crippen molar-refractivity contribution in [1.82, 2.24) is 0 Å². The molecule has 64 valence electrons. The van der Waals surface area contributed by atoms with Gasteiger partial charge >= 0.3 is 0 Å². The van der Waals surface area contributed by atoms with Crippen LogP contribution in [0.5, 0.6) is 0 Å². The molecule has 0 radical (unpaired) electrons. The van der Waals surface area contributed by atoms with E-state index in [1.807, 2.05) is 0 Å². The normalized spacial score (nSPS) is 13.2. The van der Waals surface area contributed by atoms with Gasteiger partial charge in [-0.25, -0.2) is 0 Å². The molecule has 0 aromatic carbocycles. The van der Waals surface area contributed by atoms with E-state index < -0.39 is 0 Å². The summed E-state index contributed by atoms with van der Waals surface area (Å²) in [6, 6.07) is 0. The molecule has 2 N–H and O–H groups in total. The van der Waals surface area contributed by atoms with Crippen LogP contribution in [-0.4, -0.2) is 23.4 Å². The Bertz CT molecular complexity index is 28.2. The van der Waals surface area contributed by atoms with Gasteiger partial charge in [0.25, 0.3) is 0 Å². The van der Waals surface area contributed by atoms with Crippen molar-refractivity contribution < 1.29 is 10.2 Å². The molecule has 0 aromatic rings. The molecule has 1 rings (SSSR count). The first-order valence-corrected chi connectivity index (χ1v) is 4.05. The molecule has 0 aromatic heterocycles. The maximum atomic E-state index is 7.57. The van der Waals surface area contributed by atoms with Crippen LogP contribution in [0.4, 0.5) is 0 Å². The monoisotopic (exact) mass is 148 g/mol. The van der Waals surface area contributed by atoms with Crippen molar-refractivity contribution in [3.05, 3.63) is 0 Å². The van der Waals surface area contributed by atoms with E-state index in [2.05, 4.69) is 0 Å². The fraction of sp³-hybridized carbons (Fsp3) is 1.00. The van der Waals surface area contributed by atoms with Crippen LogP contribution in [0.3, 0.4) is 0 Å². The average Bonchev–Trinajstić information content (AvgIpc) is 1.62. The van der Waals surface area contributed by atoms with Gasteiger partial charge in [0, 0.05) is 13.2 Å². The van der Waals surface area contributed by atoms with Gasteiger partial charge in [-0.1, -0.05) is 25.7 Å². The summed E-state index contributed by atoms with van der Waals surface area (Å²) in [4.78, 5) is 0. The van der Waals surface area contributed by atoms with Crippen molar-refractivity contribution >= 4 is 0 Å². The van der Waals surface area contributed by atoms with Crippen molar-refractivity contribution in [2.45, 2.75) is 39.5 Å². The molecule has 2 heteroatoms. The third-order valence-electron chi connectivity index (χ3n) is 1.000. The second-order valence-electron chi connectivity index (χ2n) is 2.05. The maximum absolute atomic E-state index is 7.57. The summed E-state index contributed by atoms with van der Waals surface area (Å²) in [6.07, 6.45) is 6.00. The third kappa shape index (κ3) is 24.7. The average molecular weight is 148 g/mol. The number of hydrogen-bond acceptors (Lipinski definition) is 2. The zero-order valence-corrected chi connectivity index (χ0v) is 7.14. The van der Waals surface area contributed by atoms with Crippen molar-refractivity contribution in [2.24, 2.45) is 0 Å². The lowest BCUT2D eigenvalue weighted by Gasteiger charge is -2.05. The Hall–Kier alpha value is -0.0800. The first-order valence-electron chi connectivity index (χ1n) is 4.05. The lowest BCUT2D eigenvalue weighted by atomic mass is 10.0. The molecule has 0 spiro atoms. The molecule has 0 amide bonds. The summed E-state index contributed by atoms with van der Waals surface area (Å²) in [5, 5.41) is 15.1. The summed E-state index contributed by atoms with van der Waals surface area (Å²) < 4.78 is 0. The summed E-state index contributed by atoms with van der Waals surface area (Å²) >= 11 is 0. The van der Waals surface area contributed by atoms with Crippen LogP contribution in [0, 0.1) is 0 Å². The lowest BCUT2D eigenvalue weighted by molar-refractivity contribution is 0.318. The van der Waals surface area contributed by atoms with Crippen LogP contribution in [-0.2, 0) is 0 Å². The summed E-state index contributed by atoms with van der Waals surface area (Å²) in [5.74, 6) is 0. The summed E-state index contributed by atoms with van der Waals surface area (Å²) in [6.45, 7) is 3.86. The van der Waals surface area contributed by atoms with Gasteiger partial charge in [-0.3, -0.25) is 0 Å². The van der Waals surface area contributed by atoms with Gasteiger partial charge in [-0.05, 0) is 13.8 Å². The molecule has 1 aliphatic rings. The Kier molecular flexibility index (Phi) is 20.1. The van der Waals surface area contributed by atoms with Crippen LogP contribution in [0.25, 0.3) is 0 Å². The minimum atomic E-state index is 0.250. The highest BCUT2D eigenvalue weighted by Crippen LogP contribution is 2.15. The molecule has 0 heterocycles. The molecule has 0 atom stereocenters. The van der Waals surface area contributed by atoms with E-state index in [1.165, 1.54) is 25.7 Å². The molecule has 0 unspecified atom stereocenters. The molecule has 1 saturated carbocycles. The predicted octanol–water partition coefficient (Wildman–Crippen LogP) is 1.56. The van der Waals surface area contributed by atoms with Gasteiger partial charge in [0.15, 0.2) is 0 Å². The molecule has 10 heavy (non-hydrogen) atoms. The zero-order chi connectivity index (χ0) is 8.24. The van der Waals surface area contributed by atoms with Crippen LogP contribution >= 0.6 is 0 Å². The van der Waals surface area contributed by atoms with Gasteiger partial charge in [-0.2, -0.15) is 0 Å². The number of aliphatic hydroxyl groups is 2. The molecule has 2 nitrogen and oxygen atoms in total. The van der Waals surface area contributed by atoms with E-state index in [0.29, 0.717) is 0 Å². The molecular weight excluding hydrogens is 128 g/mol. The third-order valence-corrected chi connectivity index (χ3v) is 1.000. The summed E-state index contributed by atoms with van der Waals surface area (Å²) in [5.41, 5.74) is 0. The second-order valence-corrected chi connectivity index (χ2v) is 2.05. The van der Waals surface area contributed by atoms with Gasteiger partial charge < -0.3 is 10.2 Å². The smallest absolute Gasteiger partial charge is 0.0402 e. The van der Waals surface area contributed by atoms with Crippen LogP contribution in [0.1, 0.15) is 39.5 Å². The van der Waals surface area contributed by atoms with Crippen molar-refractivity contribution in [1.29, 1.82) is 0 Å². The highest BCUT2D eigenvalue weighted by molar-refractivity contribution is 4.50. The van der Waals surface area contributed by atoms with Crippen molar-refractivity contribution in [2.75, 3.05) is 13.2 Å². The lowest BCUT2D eigenvalue weighted by Crippen LogP contribution is -1.85. The molecule has 0 saturated heterocycles. The fourth-order valence-electron chi connectivity index (χ4n) is 0.250. The van der Waals surface area contributed by atoms with Crippen molar-refractivity contribution in [3.8, 4) is 0 Å². The zero-order valence-electron chi connectivity index (χ0n) is 7.14. The molecule has 0 aliphatic heterocycles. The Morgan fingerprint density at radius 3 is 0.900 bits per heavy atom. The molecular formula is C8H20O2. The van der Waals surface area contributed by atoms with Crippen molar-refractivity contribution in [3.63, 3.8) is 0 Å². The standard InChI is InChI=1S/C4H8.2C2H6O/c1-2-4-3-1;2*1-2-3/h1-4H2;2*3H,2H2,1H3. The predicted molar refractivity (Wildman–Crippen MR) is 44.0 cm³/mol. The van der Waals surface area contributed by atoms with Gasteiger partial charge in [0.05, 0.1) is 0 Å². The molecule has 1 aliphatic carbocycles. The Balaban J connectivity index is 0.